The summed E-state index contributed by atoms with van der Waals surface area (Å²) < 4.78 is 10.7. The van der Waals surface area contributed by atoms with Crippen LogP contribution < -0.4 is 20.1 Å². The number of amides is 2. The van der Waals surface area contributed by atoms with Gasteiger partial charge in [0.15, 0.2) is 11.5 Å². The van der Waals surface area contributed by atoms with Crippen molar-refractivity contribution in [3.8, 4) is 11.5 Å². The van der Waals surface area contributed by atoms with Crippen molar-refractivity contribution in [3.63, 3.8) is 0 Å². The first-order valence-corrected chi connectivity index (χ1v) is 9.23. The number of benzene rings is 2. The lowest BCUT2D eigenvalue weighted by atomic mass is 10.1. The Morgan fingerprint density at radius 3 is 2.96 bits per heavy atom. The van der Waals surface area contributed by atoms with Gasteiger partial charge in [-0.25, -0.2) is 0 Å². The predicted octanol–water partition coefficient (Wildman–Crippen LogP) is 3.10. The molecule has 6 nitrogen and oxygen atoms in total. The Balaban J connectivity index is 1.39. The molecule has 4 rings (SSSR count). The summed E-state index contributed by atoms with van der Waals surface area (Å²) >= 11 is 1.42. The number of para-hydroxylation sites is 1. The van der Waals surface area contributed by atoms with Crippen molar-refractivity contribution in [1.29, 1.82) is 0 Å². The number of carbonyl (C=O) groups excluding carboxylic acids is 2. The normalized spacial score (nSPS) is 18.7. The number of ether oxygens (including phenoxy) is 2. The fraction of sp³-hybridized carbons (Fsp3) is 0.263. The molecule has 2 aromatic rings. The molecule has 0 aliphatic carbocycles. The Labute approximate surface area is 155 Å². The van der Waals surface area contributed by atoms with Gasteiger partial charge in [0.2, 0.25) is 18.6 Å². The van der Waals surface area contributed by atoms with E-state index in [1.54, 1.807) is 0 Å². The van der Waals surface area contributed by atoms with E-state index in [1.807, 2.05) is 49.4 Å². The van der Waals surface area contributed by atoms with Crippen LogP contribution in [0.15, 0.2) is 47.4 Å². The summed E-state index contributed by atoms with van der Waals surface area (Å²) in [6, 6.07) is 13.0. The quantitative estimate of drug-likeness (QED) is 0.865. The van der Waals surface area contributed by atoms with E-state index in [1.165, 1.54) is 11.8 Å². The molecule has 0 aromatic heterocycles. The molecule has 2 amide bonds. The van der Waals surface area contributed by atoms with E-state index in [9.17, 15) is 9.59 Å². The number of nitrogens with one attached hydrogen (secondary N) is 2. The minimum Gasteiger partial charge on any atom is -0.454 e. The van der Waals surface area contributed by atoms with Gasteiger partial charge in [0.05, 0.1) is 17.0 Å². The summed E-state index contributed by atoms with van der Waals surface area (Å²) in [6.07, 6.45) is 0.125. The van der Waals surface area contributed by atoms with Crippen LogP contribution in [-0.2, 0) is 9.59 Å². The molecule has 2 heterocycles. The van der Waals surface area contributed by atoms with E-state index in [4.69, 9.17) is 9.47 Å². The van der Waals surface area contributed by atoms with E-state index in [0.29, 0.717) is 11.5 Å². The summed E-state index contributed by atoms with van der Waals surface area (Å²) in [5.41, 5.74) is 1.72. The highest BCUT2D eigenvalue weighted by molar-refractivity contribution is 8.01. The molecule has 2 aliphatic rings. The zero-order valence-corrected chi connectivity index (χ0v) is 15.0. The standard InChI is InChI=1S/C19H18N2O4S/c1-11(12-6-7-14-15(8-12)25-10-24-14)20-18(22)9-17-19(23)21-13-4-2-3-5-16(13)26-17/h2-8,11,17H,9-10H2,1H3,(H,20,22)(H,21,23)/t11-,17+/m1/s1. The molecule has 0 radical (unpaired) electrons. The van der Waals surface area contributed by atoms with Crippen molar-refractivity contribution in [2.45, 2.75) is 29.5 Å². The van der Waals surface area contributed by atoms with Crippen molar-refractivity contribution in [2.24, 2.45) is 0 Å². The van der Waals surface area contributed by atoms with Crippen molar-refractivity contribution in [1.82, 2.24) is 5.32 Å². The largest absolute Gasteiger partial charge is 0.454 e. The van der Waals surface area contributed by atoms with Crippen LogP contribution in [0.1, 0.15) is 24.9 Å². The molecule has 0 fully saturated rings. The Morgan fingerprint density at radius 2 is 2.08 bits per heavy atom. The molecule has 2 aliphatic heterocycles. The lowest BCUT2D eigenvalue weighted by molar-refractivity contribution is -0.124. The third-order valence-electron chi connectivity index (χ3n) is 4.35. The summed E-state index contributed by atoms with van der Waals surface area (Å²) in [5, 5.41) is 5.37. The van der Waals surface area contributed by atoms with Gasteiger partial charge >= 0.3 is 0 Å². The fourth-order valence-corrected chi connectivity index (χ4v) is 4.07. The molecule has 0 saturated heterocycles. The van der Waals surface area contributed by atoms with Crippen molar-refractivity contribution in [2.75, 3.05) is 12.1 Å². The minimum atomic E-state index is -0.436. The van der Waals surface area contributed by atoms with Crippen LogP contribution in [0.3, 0.4) is 0 Å². The van der Waals surface area contributed by atoms with Crippen molar-refractivity contribution < 1.29 is 19.1 Å². The van der Waals surface area contributed by atoms with Crippen LogP contribution >= 0.6 is 11.8 Å². The SMILES string of the molecule is C[C@@H](NC(=O)C[C@@H]1Sc2ccccc2NC1=O)c1ccc2c(c1)OCO2. The molecular formula is C19H18N2O4S. The highest BCUT2D eigenvalue weighted by atomic mass is 32.2. The van der Waals surface area contributed by atoms with Crippen LogP contribution in [0.25, 0.3) is 0 Å². The van der Waals surface area contributed by atoms with Crippen LogP contribution in [0.4, 0.5) is 5.69 Å². The monoisotopic (exact) mass is 370 g/mol. The van der Waals surface area contributed by atoms with Crippen molar-refractivity contribution in [3.05, 3.63) is 48.0 Å². The van der Waals surface area contributed by atoms with Crippen LogP contribution in [0.2, 0.25) is 0 Å². The summed E-state index contributed by atoms with van der Waals surface area (Å²) in [4.78, 5) is 25.6. The van der Waals surface area contributed by atoms with Gasteiger partial charge in [-0.3, -0.25) is 9.59 Å². The Bertz CT molecular complexity index is 870. The lowest BCUT2D eigenvalue weighted by Crippen LogP contribution is -2.35. The van der Waals surface area contributed by atoms with Gasteiger partial charge in [-0.15, -0.1) is 11.8 Å². The summed E-state index contributed by atoms with van der Waals surface area (Å²) in [7, 11) is 0. The van der Waals surface area contributed by atoms with Gasteiger partial charge in [0.1, 0.15) is 0 Å². The van der Waals surface area contributed by atoms with E-state index in [0.717, 1.165) is 16.1 Å². The maximum Gasteiger partial charge on any atom is 0.238 e. The number of carbonyl (C=O) groups is 2. The number of anilines is 1. The molecule has 0 spiro atoms. The predicted molar refractivity (Wildman–Crippen MR) is 98.5 cm³/mol. The third-order valence-corrected chi connectivity index (χ3v) is 5.63. The van der Waals surface area contributed by atoms with Crippen molar-refractivity contribution >= 4 is 29.3 Å². The molecule has 0 unspecified atom stereocenters. The molecule has 2 N–H and O–H groups in total. The maximum atomic E-state index is 12.4. The number of rotatable bonds is 4. The number of hydrogen-bond acceptors (Lipinski definition) is 5. The van der Waals surface area contributed by atoms with E-state index < -0.39 is 5.25 Å². The summed E-state index contributed by atoms with van der Waals surface area (Å²) in [5.74, 6) is 1.09. The molecule has 0 saturated carbocycles. The van der Waals surface area contributed by atoms with Gasteiger partial charge < -0.3 is 20.1 Å². The molecule has 0 bridgehead atoms. The van der Waals surface area contributed by atoms with E-state index >= 15 is 0 Å². The molecule has 2 aromatic carbocycles. The molecule has 7 heteroatoms. The number of fused-ring (bicyclic) bond motifs is 2. The molecule has 134 valence electrons. The smallest absolute Gasteiger partial charge is 0.238 e. The second-order valence-corrected chi connectivity index (χ2v) is 7.44. The zero-order chi connectivity index (χ0) is 18.1. The maximum absolute atomic E-state index is 12.4. The van der Waals surface area contributed by atoms with Gasteiger partial charge in [-0.05, 0) is 36.8 Å². The zero-order valence-electron chi connectivity index (χ0n) is 14.2. The first kappa shape index (κ1) is 16.8. The van der Waals surface area contributed by atoms with Crippen LogP contribution in [0, 0.1) is 0 Å². The molecular weight excluding hydrogens is 352 g/mol. The third kappa shape index (κ3) is 3.35. The Morgan fingerprint density at radius 1 is 1.27 bits per heavy atom. The Hall–Kier alpha value is -2.67. The number of hydrogen-bond donors (Lipinski definition) is 2. The van der Waals surface area contributed by atoms with Gasteiger partial charge in [0.25, 0.3) is 0 Å². The van der Waals surface area contributed by atoms with Gasteiger partial charge in [-0.2, -0.15) is 0 Å². The first-order chi connectivity index (χ1) is 12.6. The highest BCUT2D eigenvalue weighted by Gasteiger charge is 2.29. The average Bonchev–Trinajstić information content (AvgIpc) is 3.10. The fourth-order valence-electron chi connectivity index (χ4n) is 2.96. The highest BCUT2D eigenvalue weighted by Crippen LogP contribution is 2.37. The van der Waals surface area contributed by atoms with Gasteiger partial charge in [0, 0.05) is 11.3 Å². The second-order valence-electron chi connectivity index (χ2n) is 6.20. The topological polar surface area (TPSA) is 76.7 Å². The minimum absolute atomic E-state index is 0.125. The second kappa shape index (κ2) is 6.92. The Kier molecular flexibility index (Phi) is 4.46. The van der Waals surface area contributed by atoms with Crippen LogP contribution in [-0.4, -0.2) is 23.9 Å². The van der Waals surface area contributed by atoms with E-state index in [-0.39, 0.29) is 31.1 Å². The summed E-state index contributed by atoms with van der Waals surface area (Å²) in [6.45, 7) is 2.12. The average molecular weight is 370 g/mol. The number of thioether (sulfide) groups is 1. The van der Waals surface area contributed by atoms with Crippen LogP contribution in [0.5, 0.6) is 11.5 Å². The molecule has 2 atom stereocenters. The lowest BCUT2D eigenvalue weighted by Gasteiger charge is -2.24. The van der Waals surface area contributed by atoms with E-state index in [2.05, 4.69) is 10.6 Å². The molecule has 26 heavy (non-hydrogen) atoms. The first-order valence-electron chi connectivity index (χ1n) is 8.35. The van der Waals surface area contributed by atoms with Gasteiger partial charge in [-0.1, -0.05) is 18.2 Å².